The first-order chi connectivity index (χ1) is 9.57. The quantitative estimate of drug-likeness (QED) is 0.516. The van der Waals surface area contributed by atoms with Crippen molar-refractivity contribution >= 4 is 15.2 Å². The summed E-state index contributed by atoms with van der Waals surface area (Å²) in [5, 5.41) is 2.37. The van der Waals surface area contributed by atoms with E-state index in [9.17, 15) is 13.5 Å². The van der Waals surface area contributed by atoms with Crippen molar-refractivity contribution < 1.29 is 33.1 Å². The van der Waals surface area contributed by atoms with Crippen molar-refractivity contribution in [2.75, 3.05) is 0 Å². The van der Waals surface area contributed by atoms with Gasteiger partial charge in [-0.15, -0.1) is 0 Å². The topological polar surface area (TPSA) is 127 Å². The van der Waals surface area contributed by atoms with Crippen LogP contribution < -0.4 is 5.32 Å². The van der Waals surface area contributed by atoms with Crippen molar-refractivity contribution in [1.29, 1.82) is 0 Å². The van der Waals surface area contributed by atoms with Gasteiger partial charge in [0.2, 0.25) is 5.52 Å². The lowest BCUT2D eigenvalue weighted by atomic mass is 9.88. The fourth-order valence-electron chi connectivity index (χ4n) is 2.47. The highest BCUT2D eigenvalue weighted by Gasteiger charge is 2.44. The van der Waals surface area contributed by atoms with Crippen LogP contribution in [0.3, 0.4) is 0 Å². The molecule has 0 amide bonds. The van der Waals surface area contributed by atoms with E-state index >= 15 is 0 Å². The molecule has 1 aliphatic carbocycles. The van der Waals surface area contributed by atoms with Gasteiger partial charge >= 0.3 is 15.2 Å². The first-order valence-corrected chi connectivity index (χ1v) is 9.57. The smallest absolute Gasteiger partial charge is 0.323 e. The molecule has 7 nitrogen and oxygen atoms in total. The summed E-state index contributed by atoms with van der Waals surface area (Å²) in [6.45, 7) is 0. The summed E-state index contributed by atoms with van der Waals surface area (Å²) in [4.78, 5) is 36.3. The highest BCUT2D eigenvalue weighted by atomic mass is 31.2. The molecule has 0 radical (unpaired) electrons. The van der Waals surface area contributed by atoms with Crippen molar-refractivity contribution in [2.24, 2.45) is 0 Å². The van der Waals surface area contributed by atoms with Crippen LogP contribution in [0.2, 0.25) is 0 Å². The second-order valence-electron chi connectivity index (χ2n) is 5.07. The minimum Gasteiger partial charge on any atom is -0.323 e. The van der Waals surface area contributed by atoms with Gasteiger partial charge in [-0.05, 0) is 42.5 Å². The van der Waals surface area contributed by atoms with Crippen LogP contribution in [0.25, 0.3) is 0 Å². The Labute approximate surface area is 120 Å². The van der Waals surface area contributed by atoms with Gasteiger partial charge in [0.1, 0.15) is 5.82 Å². The lowest BCUT2D eigenvalue weighted by Gasteiger charge is -2.30. The maximum atomic E-state index is 13.1. The molecule has 10 heteroatoms. The number of fused-ring (bicyclic) bond motifs is 1. The van der Waals surface area contributed by atoms with Crippen molar-refractivity contribution in [3.05, 3.63) is 35.1 Å². The first kappa shape index (κ1) is 16.8. The lowest BCUT2D eigenvalue weighted by molar-refractivity contribution is 0.315. The average molecular weight is 339 g/mol. The van der Waals surface area contributed by atoms with Crippen LogP contribution >= 0.6 is 15.2 Å². The highest BCUT2D eigenvalue weighted by Crippen LogP contribution is 2.58. The summed E-state index contributed by atoms with van der Waals surface area (Å²) in [6, 6.07) is 3.76. The van der Waals surface area contributed by atoms with Crippen molar-refractivity contribution in [3.8, 4) is 0 Å². The van der Waals surface area contributed by atoms with E-state index < -0.39 is 26.8 Å². The zero-order valence-electron chi connectivity index (χ0n) is 10.9. The molecule has 0 bridgehead atoms. The normalized spacial score (nSPS) is 19.6. The Morgan fingerprint density at radius 2 is 1.76 bits per heavy atom. The molecule has 5 N–H and O–H groups in total. The van der Waals surface area contributed by atoms with Crippen LogP contribution in [-0.4, -0.2) is 31.1 Å². The summed E-state index contributed by atoms with van der Waals surface area (Å²) in [7, 11) is -9.98. The molecule has 118 valence electrons. The van der Waals surface area contributed by atoms with Gasteiger partial charge in [0.25, 0.3) is 0 Å². The summed E-state index contributed by atoms with van der Waals surface area (Å²) < 4.78 is 35.6. The van der Waals surface area contributed by atoms with Crippen LogP contribution in [0.5, 0.6) is 0 Å². The van der Waals surface area contributed by atoms with E-state index in [1.165, 1.54) is 12.1 Å². The van der Waals surface area contributed by atoms with E-state index in [1.54, 1.807) is 6.07 Å². The molecule has 0 fully saturated rings. The minimum atomic E-state index is -4.99. The maximum Gasteiger partial charge on any atom is 0.354 e. The SMILES string of the molecule is O=P(O)(O)C(NC1CCc2cc(F)ccc2C1)P(=O)(O)O. The molecule has 1 aromatic rings. The minimum absolute atomic E-state index is 0.326. The standard InChI is InChI=1S/C11H16FNO6P2/c12-9-3-1-8-6-10(4-2-7(8)5-9)13-11(20(14,15)16)21(17,18)19/h1,3,5,10-11,13H,2,4,6H2,(H2,14,15,16)(H2,17,18,19). The number of halogens is 1. The number of nitrogens with one attached hydrogen (secondary N) is 1. The molecule has 1 aromatic carbocycles. The molecule has 0 saturated heterocycles. The van der Waals surface area contributed by atoms with Gasteiger partial charge < -0.3 is 19.6 Å². The number of benzene rings is 1. The van der Waals surface area contributed by atoms with Gasteiger partial charge in [0.15, 0.2) is 0 Å². The van der Waals surface area contributed by atoms with E-state index in [0.717, 1.165) is 11.1 Å². The number of rotatable bonds is 4. The molecule has 0 saturated carbocycles. The summed E-state index contributed by atoms with van der Waals surface area (Å²) in [5.41, 5.74) is -0.607. The van der Waals surface area contributed by atoms with Gasteiger partial charge in [-0.25, -0.2) is 4.39 Å². The van der Waals surface area contributed by atoms with Crippen LogP contribution in [0.15, 0.2) is 18.2 Å². The maximum absolute atomic E-state index is 13.1. The average Bonchev–Trinajstić information content (AvgIpc) is 2.33. The molecule has 1 unspecified atom stereocenters. The zero-order chi connectivity index (χ0) is 15.8. The van der Waals surface area contributed by atoms with Crippen LogP contribution in [0, 0.1) is 5.82 Å². The predicted molar refractivity (Wildman–Crippen MR) is 73.2 cm³/mol. The van der Waals surface area contributed by atoms with Gasteiger partial charge in [0, 0.05) is 6.04 Å². The number of aryl methyl sites for hydroxylation is 1. The third kappa shape index (κ3) is 4.20. The molecule has 1 atom stereocenters. The first-order valence-electron chi connectivity index (χ1n) is 6.21. The van der Waals surface area contributed by atoms with E-state index in [4.69, 9.17) is 19.6 Å². The fraction of sp³-hybridized carbons (Fsp3) is 0.455. The monoisotopic (exact) mass is 339 g/mol. The molecule has 0 heterocycles. The summed E-state index contributed by atoms with van der Waals surface area (Å²) in [5.74, 6) is -0.358. The molecule has 0 aromatic heterocycles. The van der Waals surface area contributed by atoms with Gasteiger partial charge in [-0.1, -0.05) is 6.07 Å². The van der Waals surface area contributed by atoms with Gasteiger partial charge in [-0.2, -0.15) is 0 Å². The zero-order valence-corrected chi connectivity index (χ0v) is 12.7. The Kier molecular flexibility index (Phi) is 4.71. The Morgan fingerprint density at radius 3 is 2.33 bits per heavy atom. The Balaban J connectivity index is 2.16. The second kappa shape index (κ2) is 5.89. The largest absolute Gasteiger partial charge is 0.354 e. The Hall–Kier alpha value is -0.590. The Morgan fingerprint density at radius 1 is 1.14 bits per heavy atom. The van der Waals surface area contributed by atoms with Crippen LogP contribution in [0.1, 0.15) is 17.5 Å². The number of hydrogen-bond donors (Lipinski definition) is 5. The van der Waals surface area contributed by atoms with E-state index in [0.29, 0.717) is 19.3 Å². The molecule has 0 aliphatic heterocycles. The highest BCUT2D eigenvalue weighted by molar-refractivity contribution is 7.70. The fourth-order valence-corrected chi connectivity index (χ4v) is 4.84. The molecule has 2 rings (SSSR count). The predicted octanol–water partition coefficient (Wildman–Crippen LogP) is 0.912. The summed E-state index contributed by atoms with van der Waals surface area (Å²) >= 11 is 0. The third-order valence-corrected chi connectivity index (χ3v) is 6.80. The molecule has 1 aliphatic rings. The molecular weight excluding hydrogens is 323 g/mol. The van der Waals surface area contributed by atoms with Crippen LogP contribution in [0.4, 0.5) is 4.39 Å². The molecule has 21 heavy (non-hydrogen) atoms. The van der Waals surface area contributed by atoms with Crippen molar-refractivity contribution in [3.63, 3.8) is 0 Å². The Bertz CT molecular complexity index is 605. The van der Waals surface area contributed by atoms with Crippen molar-refractivity contribution in [2.45, 2.75) is 30.8 Å². The van der Waals surface area contributed by atoms with Gasteiger partial charge in [-0.3, -0.25) is 14.4 Å². The number of hydrogen-bond acceptors (Lipinski definition) is 3. The molecular formula is C11H16FNO6P2. The van der Waals surface area contributed by atoms with Crippen molar-refractivity contribution in [1.82, 2.24) is 5.32 Å². The summed E-state index contributed by atoms with van der Waals surface area (Å²) in [6.07, 6.45) is 1.21. The van der Waals surface area contributed by atoms with E-state index in [2.05, 4.69) is 5.32 Å². The third-order valence-electron chi connectivity index (χ3n) is 3.42. The van der Waals surface area contributed by atoms with E-state index in [-0.39, 0.29) is 5.82 Å². The lowest BCUT2D eigenvalue weighted by Crippen LogP contribution is -2.41. The molecule has 0 spiro atoms. The van der Waals surface area contributed by atoms with E-state index in [1.807, 2.05) is 0 Å². The van der Waals surface area contributed by atoms with Crippen LogP contribution in [-0.2, 0) is 22.0 Å². The second-order valence-corrected chi connectivity index (χ2v) is 8.87. The van der Waals surface area contributed by atoms with Gasteiger partial charge in [0.05, 0.1) is 0 Å².